The number of esters is 1. The third-order valence-corrected chi connectivity index (χ3v) is 11.7. The molecule has 3 saturated carbocycles. The van der Waals surface area contributed by atoms with Crippen LogP contribution in [0.2, 0.25) is 0 Å². The number of aromatic nitrogens is 3. The zero-order valence-corrected chi connectivity index (χ0v) is 24.8. The molecule has 3 aromatic rings. The maximum Gasteiger partial charge on any atom is 0.375 e. The van der Waals surface area contributed by atoms with E-state index in [9.17, 15) is 23.5 Å². The Morgan fingerprint density at radius 3 is 2.79 bits per heavy atom. The summed E-state index contributed by atoms with van der Waals surface area (Å²) in [5, 5.41) is 16.1. The second-order valence-corrected chi connectivity index (χ2v) is 13.7. The number of alkyl halides is 1. The lowest BCUT2D eigenvalue weighted by atomic mass is 9.45. The monoisotopic (exact) mass is 609 g/mol. The molecular formula is C32H33F2N3O5S. The minimum Gasteiger partial charge on any atom is -0.457 e. The van der Waals surface area contributed by atoms with Crippen LogP contribution in [0.15, 0.2) is 52.9 Å². The summed E-state index contributed by atoms with van der Waals surface area (Å²) in [5.74, 6) is -1.36. The summed E-state index contributed by atoms with van der Waals surface area (Å²) in [4.78, 5) is 30.6. The molecule has 1 unspecified atom stereocenters. The van der Waals surface area contributed by atoms with Gasteiger partial charge in [0, 0.05) is 5.41 Å². The van der Waals surface area contributed by atoms with Crippen LogP contribution in [0.1, 0.15) is 67.8 Å². The van der Waals surface area contributed by atoms with Gasteiger partial charge in [-0.25, -0.2) is 18.9 Å². The van der Waals surface area contributed by atoms with Crippen LogP contribution in [-0.2, 0) is 16.0 Å². The molecule has 1 N–H and O–H groups in total. The van der Waals surface area contributed by atoms with Crippen molar-refractivity contribution in [3.05, 3.63) is 71.5 Å². The second kappa shape index (κ2) is 10.1. The van der Waals surface area contributed by atoms with E-state index >= 15 is 0 Å². The molecule has 8 nitrogen and oxygen atoms in total. The van der Waals surface area contributed by atoms with Gasteiger partial charge in [-0.2, -0.15) is 9.49 Å². The van der Waals surface area contributed by atoms with Gasteiger partial charge in [0.15, 0.2) is 5.60 Å². The van der Waals surface area contributed by atoms with E-state index in [2.05, 4.69) is 23.1 Å². The first-order chi connectivity index (χ1) is 20.6. The number of thioether (sulfide) groups is 1. The van der Waals surface area contributed by atoms with E-state index in [-0.39, 0.29) is 41.8 Å². The van der Waals surface area contributed by atoms with Crippen LogP contribution in [0.3, 0.4) is 0 Å². The first kappa shape index (κ1) is 28.5. The van der Waals surface area contributed by atoms with E-state index in [1.165, 1.54) is 30.2 Å². The van der Waals surface area contributed by atoms with Crippen molar-refractivity contribution in [2.24, 2.45) is 28.6 Å². The average molecular weight is 610 g/mol. The van der Waals surface area contributed by atoms with Crippen LogP contribution in [0, 0.1) is 34.5 Å². The van der Waals surface area contributed by atoms with E-state index in [1.807, 2.05) is 13.1 Å². The molecule has 4 aliphatic rings. The molecule has 0 aromatic carbocycles. The zero-order valence-electron chi connectivity index (χ0n) is 24.0. The molecule has 0 amide bonds. The number of nitrogens with zero attached hydrogens (tertiary/aromatic N) is 3. The number of ether oxygens (including phenoxy) is 1. The fraction of sp³-hybridized carbons (Fsp3) is 0.500. The van der Waals surface area contributed by atoms with E-state index in [1.54, 1.807) is 16.8 Å². The van der Waals surface area contributed by atoms with Crippen LogP contribution in [0.25, 0.3) is 11.8 Å². The normalized spacial score (nSPS) is 34.4. The molecular weight excluding hydrogens is 576 g/mol. The molecule has 7 atom stereocenters. The van der Waals surface area contributed by atoms with Crippen molar-refractivity contribution < 1.29 is 32.6 Å². The summed E-state index contributed by atoms with van der Waals surface area (Å²) in [6.45, 7) is 4.15. The van der Waals surface area contributed by atoms with E-state index < -0.39 is 40.2 Å². The molecule has 43 heavy (non-hydrogen) atoms. The topological polar surface area (TPSA) is 107 Å². The summed E-state index contributed by atoms with van der Waals surface area (Å²) in [6.07, 6.45) is 9.48. The van der Waals surface area contributed by atoms with Crippen molar-refractivity contribution in [2.75, 3.05) is 6.01 Å². The van der Waals surface area contributed by atoms with Crippen molar-refractivity contribution in [1.29, 1.82) is 0 Å². The number of fused-ring (bicyclic) bond motifs is 6. The van der Waals surface area contributed by atoms with Gasteiger partial charge in [0.2, 0.25) is 16.8 Å². The minimum atomic E-state index is -1.58. The third-order valence-electron chi connectivity index (χ3n) is 11.0. The molecule has 4 aliphatic carbocycles. The van der Waals surface area contributed by atoms with Crippen molar-refractivity contribution >= 4 is 28.9 Å². The number of aliphatic hydroxyl groups excluding tert-OH is 1. The molecule has 0 saturated heterocycles. The number of aliphatic hydroxyl groups is 1. The fourth-order valence-corrected chi connectivity index (χ4v) is 9.89. The summed E-state index contributed by atoms with van der Waals surface area (Å²) < 4.78 is 40.1. The highest BCUT2D eigenvalue weighted by atomic mass is 32.2. The van der Waals surface area contributed by atoms with Gasteiger partial charge < -0.3 is 14.3 Å². The van der Waals surface area contributed by atoms with Crippen LogP contribution in [0.5, 0.6) is 0 Å². The number of hydrogen-bond donors (Lipinski definition) is 1. The Balaban J connectivity index is 1.23. The highest BCUT2D eigenvalue weighted by Gasteiger charge is 2.70. The van der Waals surface area contributed by atoms with Crippen molar-refractivity contribution in [2.45, 2.75) is 64.1 Å². The lowest BCUT2D eigenvalue weighted by Gasteiger charge is -2.60. The smallest absolute Gasteiger partial charge is 0.375 e. The van der Waals surface area contributed by atoms with Gasteiger partial charge in [-0.05, 0) is 109 Å². The van der Waals surface area contributed by atoms with Gasteiger partial charge in [-0.1, -0.05) is 19.4 Å². The van der Waals surface area contributed by atoms with Crippen molar-refractivity contribution in [1.82, 2.24) is 14.8 Å². The summed E-state index contributed by atoms with van der Waals surface area (Å²) in [6, 6.07) is 5.08. The lowest BCUT2D eigenvalue weighted by molar-refractivity contribution is -0.175. The highest BCUT2D eigenvalue weighted by molar-refractivity contribution is 8.13. The predicted octanol–water partition coefficient (Wildman–Crippen LogP) is 5.93. The van der Waals surface area contributed by atoms with E-state index in [0.717, 1.165) is 24.1 Å². The van der Waals surface area contributed by atoms with Crippen LogP contribution < -0.4 is 0 Å². The Morgan fingerprint density at radius 1 is 1.23 bits per heavy atom. The van der Waals surface area contributed by atoms with Gasteiger partial charge in [0.05, 0.1) is 36.1 Å². The van der Waals surface area contributed by atoms with Crippen LogP contribution >= 0.6 is 11.8 Å². The zero-order chi connectivity index (χ0) is 30.1. The minimum absolute atomic E-state index is 0.0118. The molecule has 3 heterocycles. The molecule has 0 aliphatic heterocycles. The maximum absolute atomic E-state index is 13.7. The van der Waals surface area contributed by atoms with E-state index in [0.29, 0.717) is 30.3 Å². The number of halogens is 2. The molecule has 0 radical (unpaired) electrons. The molecule has 3 fully saturated rings. The van der Waals surface area contributed by atoms with Gasteiger partial charge in [0.25, 0.3) is 0 Å². The number of furan rings is 1. The number of hydrogen-bond acceptors (Lipinski definition) is 8. The second-order valence-electron chi connectivity index (χ2n) is 12.9. The molecule has 0 bridgehead atoms. The Hall–Kier alpha value is -3.31. The Kier molecular flexibility index (Phi) is 6.70. The first-order valence-electron chi connectivity index (χ1n) is 14.7. The molecule has 11 heteroatoms. The fourth-order valence-electron chi connectivity index (χ4n) is 9.19. The van der Waals surface area contributed by atoms with E-state index in [4.69, 9.17) is 9.15 Å². The van der Waals surface area contributed by atoms with Crippen molar-refractivity contribution in [3.8, 4) is 5.69 Å². The molecule has 7 rings (SSSR count). The number of rotatable bonds is 5. The van der Waals surface area contributed by atoms with Crippen LogP contribution in [-0.4, -0.2) is 48.7 Å². The number of allylic oxidation sites excluding steroid dienone is 1. The number of carbonyl (C=O) groups excluding carboxylic acids is 2. The highest BCUT2D eigenvalue weighted by Crippen LogP contribution is 2.69. The maximum atomic E-state index is 13.7. The standard InChI is InChI=1S/C32H33F2N3O5S/c1-30-13-18-15-36-37(20-6-8-26(34)35-16-20)23(18)12-19(30)5-7-21-22-9-10-32(29(40)43-17-33,31(22,2)14-24(38)27(21)30)42-28(39)25-4-3-11-41-25/h3-4,6,8,11-12,15-16,21-22,24,27,38H,5,7,9-10,13-14,17H2,1-2H3/t21-,22?,24-,27+,30-,31-,32-/m0/s1. The summed E-state index contributed by atoms with van der Waals surface area (Å²) >= 11 is 0.524. The SMILES string of the molecule is C[C@]12Cc3cnn(-c4ccc(F)nc4)c3C=C1CC[C@H]1C3CC[C@](OC(=O)c4ccco4)(C(=O)SCF)[C@@]3(C)C[C@H](O)[C@@H]12. The van der Waals surface area contributed by atoms with Crippen LogP contribution in [0.4, 0.5) is 8.78 Å². The summed E-state index contributed by atoms with van der Waals surface area (Å²) in [7, 11) is 0. The Labute approximate surface area is 251 Å². The van der Waals surface area contributed by atoms with Gasteiger partial charge in [-0.15, -0.1) is 0 Å². The predicted molar refractivity (Wildman–Crippen MR) is 154 cm³/mol. The van der Waals surface area contributed by atoms with Gasteiger partial charge in [0.1, 0.15) is 6.01 Å². The molecule has 3 aromatic heterocycles. The number of carbonyl (C=O) groups is 2. The first-order valence-corrected chi connectivity index (χ1v) is 15.7. The average Bonchev–Trinajstić information content (AvgIpc) is 3.71. The lowest BCUT2D eigenvalue weighted by Crippen LogP contribution is -2.62. The third kappa shape index (κ3) is 4.10. The largest absolute Gasteiger partial charge is 0.457 e. The Morgan fingerprint density at radius 2 is 2.07 bits per heavy atom. The summed E-state index contributed by atoms with van der Waals surface area (Å²) in [5.41, 5.74) is 1.08. The molecule has 0 spiro atoms. The van der Waals surface area contributed by atoms with Crippen molar-refractivity contribution in [3.63, 3.8) is 0 Å². The van der Waals surface area contributed by atoms with Gasteiger partial charge in [-0.3, -0.25) is 4.79 Å². The number of pyridine rings is 1. The Bertz CT molecular complexity index is 1610. The van der Waals surface area contributed by atoms with Gasteiger partial charge >= 0.3 is 5.97 Å². The molecule has 226 valence electrons. The quantitative estimate of drug-likeness (QED) is 0.280.